The minimum Gasteiger partial charge on any atom is -0.459 e. The third-order valence-corrected chi connectivity index (χ3v) is 9.05. The molecule has 2 aliphatic rings. The van der Waals surface area contributed by atoms with E-state index in [1.165, 1.54) is 27.0 Å². The number of likely N-dealkylation sites (N-methyl/N-ethyl adjacent to an activating group) is 1. The molecule has 0 saturated carbocycles. The van der Waals surface area contributed by atoms with Crippen LogP contribution in [0.15, 0.2) is 16.8 Å². The van der Waals surface area contributed by atoms with Crippen molar-refractivity contribution in [3.63, 3.8) is 0 Å². The summed E-state index contributed by atoms with van der Waals surface area (Å²) in [5, 5.41) is 37.7. The zero-order valence-electron chi connectivity index (χ0n) is 27.3. The van der Waals surface area contributed by atoms with Crippen LogP contribution in [0.1, 0.15) is 67.7 Å². The molecule has 2 heterocycles. The van der Waals surface area contributed by atoms with Crippen molar-refractivity contribution in [2.24, 2.45) is 22.9 Å². The zero-order valence-corrected chi connectivity index (χ0v) is 27.3. The Morgan fingerprint density at radius 3 is 2.33 bits per heavy atom. The molecule has 0 aliphatic carbocycles. The molecule has 13 nitrogen and oxygen atoms in total. The Morgan fingerprint density at radius 1 is 1.16 bits per heavy atom. The Balaban J connectivity index is 2.68. The van der Waals surface area contributed by atoms with E-state index in [4.69, 9.17) is 24.5 Å². The molecular weight excluding hydrogens is 560 g/mol. The summed E-state index contributed by atoms with van der Waals surface area (Å²) in [6.07, 6.45) is -3.51. The summed E-state index contributed by atoms with van der Waals surface area (Å²) in [4.78, 5) is 31.8. The first-order chi connectivity index (χ1) is 19.9. The third kappa shape index (κ3) is 8.76. The number of methoxy groups -OCH3 is 1. The van der Waals surface area contributed by atoms with Gasteiger partial charge in [-0.2, -0.15) is 0 Å². The first-order valence-corrected chi connectivity index (χ1v) is 15.0. The van der Waals surface area contributed by atoms with E-state index in [0.717, 1.165) is 0 Å². The van der Waals surface area contributed by atoms with E-state index in [2.05, 4.69) is 10.0 Å². The molecule has 2 aliphatic heterocycles. The Labute approximate surface area is 255 Å². The van der Waals surface area contributed by atoms with E-state index < -0.39 is 71.4 Å². The van der Waals surface area contributed by atoms with Crippen LogP contribution in [0.5, 0.6) is 0 Å². The van der Waals surface area contributed by atoms with Crippen LogP contribution in [-0.4, -0.2) is 114 Å². The Kier molecular flexibility index (Phi) is 13.2. The van der Waals surface area contributed by atoms with Crippen LogP contribution >= 0.6 is 0 Å². The quantitative estimate of drug-likeness (QED) is 0.167. The number of carbonyl (C=O) groups excluding carboxylic acids is 2. The molecule has 13 heteroatoms. The maximum atomic E-state index is 13.8. The lowest BCUT2D eigenvalue weighted by Gasteiger charge is -2.47. The standard InChI is InChI=1S/C30H52N4O9/c1-11-22-29(6,39)14-20(15-32-33-31)23(35)16(2)13-30(7,40-10)26(18(4)24(36)19(5)27(38)42-22)43-28-25(37)21(34(8)9)12-17(3)41-28/h14,16-19,21-22,24-26,28,36-37,39H,11-13,15H2,1-10H3/b20-14+/t16-,17-,18+,19-,21+,22-,24+,25-,26-,28?,29+,30+/m1/s1. The molecule has 0 aromatic carbocycles. The molecule has 12 atom stereocenters. The molecule has 0 bridgehead atoms. The van der Waals surface area contributed by atoms with Crippen molar-refractivity contribution < 1.29 is 43.9 Å². The number of Topliss-reactive ketones (excluding diaryl/α,β-unsaturated/α-hetero) is 1. The fourth-order valence-corrected chi connectivity index (χ4v) is 6.34. The van der Waals surface area contributed by atoms with Gasteiger partial charge in [-0.1, -0.05) is 25.9 Å². The zero-order chi connectivity index (χ0) is 32.9. The number of nitrogens with zero attached hydrogens (tertiary/aromatic N) is 4. The predicted octanol–water partition coefficient (Wildman–Crippen LogP) is 2.75. The summed E-state index contributed by atoms with van der Waals surface area (Å²) in [6.45, 7) is 11.4. The summed E-state index contributed by atoms with van der Waals surface area (Å²) in [5.74, 6) is -3.68. The molecule has 43 heavy (non-hydrogen) atoms. The monoisotopic (exact) mass is 612 g/mol. The van der Waals surface area contributed by atoms with E-state index >= 15 is 0 Å². The topological polar surface area (TPSA) is 184 Å². The van der Waals surface area contributed by atoms with Crippen LogP contribution in [0, 0.1) is 17.8 Å². The number of aliphatic hydroxyl groups excluding tert-OH is 2. The second-order valence-corrected chi connectivity index (χ2v) is 12.9. The Hall–Kier alpha value is -2.09. The number of hydrogen-bond donors (Lipinski definition) is 3. The van der Waals surface area contributed by atoms with Gasteiger partial charge in [-0.3, -0.25) is 9.59 Å². The maximum absolute atomic E-state index is 13.8. The van der Waals surface area contributed by atoms with Crippen molar-refractivity contribution in [2.75, 3.05) is 27.7 Å². The second-order valence-electron chi connectivity index (χ2n) is 12.9. The molecule has 1 unspecified atom stereocenters. The first kappa shape index (κ1) is 37.1. The first-order valence-electron chi connectivity index (χ1n) is 15.0. The number of cyclic esters (lactones) is 1. The molecule has 0 spiro atoms. The minimum absolute atomic E-state index is 0.0626. The number of carbonyl (C=O) groups is 2. The summed E-state index contributed by atoms with van der Waals surface area (Å²) < 4.78 is 24.3. The van der Waals surface area contributed by atoms with Crippen LogP contribution in [0.3, 0.4) is 0 Å². The van der Waals surface area contributed by atoms with Gasteiger partial charge in [0.2, 0.25) is 0 Å². The van der Waals surface area contributed by atoms with Gasteiger partial charge in [-0.25, -0.2) is 0 Å². The summed E-state index contributed by atoms with van der Waals surface area (Å²) >= 11 is 0. The summed E-state index contributed by atoms with van der Waals surface area (Å²) in [5.41, 5.74) is 6.02. The molecule has 1 fully saturated rings. The van der Waals surface area contributed by atoms with Gasteiger partial charge in [0.1, 0.15) is 17.8 Å². The normalized spacial score (nSPS) is 43.3. The molecule has 0 aromatic rings. The molecule has 246 valence electrons. The van der Waals surface area contributed by atoms with Crippen molar-refractivity contribution in [3.8, 4) is 0 Å². The molecular formula is C30H52N4O9. The third-order valence-electron chi connectivity index (χ3n) is 9.05. The highest BCUT2D eigenvalue weighted by atomic mass is 16.7. The van der Waals surface area contributed by atoms with Gasteiger partial charge < -0.3 is 39.2 Å². The number of azide groups is 1. The summed E-state index contributed by atoms with van der Waals surface area (Å²) in [7, 11) is 5.18. The van der Waals surface area contributed by atoms with Crippen molar-refractivity contribution in [1.82, 2.24) is 4.90 Å². The van der Waals surface area contributed by atoms with Crippen molar-refractivity contribution in [3.05, 3.63) is 22.1 Å². The summed E-state index contributed by atoms with van der Waals surface area (Å²) in [6, 6.07) is -0.261. The number of hydrogen-bond acceptors (Lipinski definition) is 11. The lowest BCUT2D eigenvalue weighted by Crippen LogP contribution is -2.59. The SMILES string of the molecule is CC[C@H]1OC(=O)[C@H](C)[C@@H](O)[C@H](C)[C@@H](OC2O[C@H](C)C[C@H](N(C)C)[C@H]2O)[C@@](C)(OC)C[C@@H](C)C(=O)/C(CN=[N+]=[N-])=C/[C@]1(C)O. The molecule has 3 N–H and O–H groups in total. The van der Waals surface area contributed by atoms with E-state index in [9.17, 15) is 24.9 Å². The van der Waals surface area contributed by atoms with E-state index in [-0.39, 0.29) is 37.1 Å². The highest BCUT2D eigenvalue weighted by Crippen LogP contribution is 2.38. The predicted molar refractivity (Wildman–Crippen MR) is 159 cm³/mol. The number of rotatable bonds is 7. The fraction of sp³-hybridized carbons (Fsp3) is 0.867. The fourth-order valence-electron chi connectivity index (χ4n) is 6.34. The van der Waals surface area contributed by atoms with E-state index in [1.54, 1.807) is 27.7 Å². The van der Waals surface area contributed by atoms with Crippen LogP contribution in [0.4, 0.5) is 0 Å². The van der Waals surface area contributed by atoms with Gasteiger partial charge in [0.25, 0.3) is 0 Å². The average molecular weight is 613 g/mol. The van der Waals surface area contributed by atoms with Gasteiger partial charge in [-0.05, 0) is 72.7 Å². The largest absolute Gasteiger partial charge is 0.459 e. The molecule has 0 aromatic heterocycles. The second kappa shape index (κ2) is 15.3. The van der Waals surface area contributed by atoms with Crippen molar-refractivity contribution in [1.29, 1.82) is 0 Å². The lowest BCUT2D eigenvalue weighted by molar-refractivity contribution is -0.301. The molecule has 0 radical (unpaired) electrons. The number of esters is 1. The maximum Gasteiger partial charge on any atom is 0.311 e. The highest BCUT2D eigenvalue weighted by Gasteiger charge is 2.49. The highest BCUT2D eigenvalue weighted by molar-refractivity contribution is 5.97. The molecule has 1 saturated heterocycles. The van der Waals surface area contributed by atoms with E-state index in [1.807, 2.05) is 25.9 Å². The number of ketones is 1. The number of aliphatic hydroxyl groups is 3. The van der Waals surface area contributed by atoms with Crippen LogP contribution in [-0.2, 0) is 28.5 Å². The van der Waals surface area contributed by atoms with Gasteiger partial charge in [-0.15, -0.1) is 0 Å². The molecule has 2 rings (SSSR count). The Bertz CT molecular complexity index is 1050. The van der Waals surface area contributed by atoms with Crippen LogP contribution in [0.2, 0.25) is 0 Å². The number of ether oxygens (including phenoxy) is 4. The van der Waals surface area contributed by atoms with Gasteiger partial charge in [0, 0.05) is 35.5 Å². The smallest absolute Gasteiger partial charge is 0.311 e. The van der Waals surface area contributed by atoms with Gasteiger partial charge in [0.05, 0.1) is 36.4 Å². The van der Waals surface area contributed by atoms with E-state index in [0.29, 0.717) is 6.42 Å². The van der Waals surface area contributed by atoms with Crippen LogP contribution in [0.25, 0.3) is 10.4 Å². The van der Waals surface area contributed by atoms with Crippen LogP contribution < -0.4 is 0 Å². The van der Waals surface area contributed by atoms with Gasteiger partial charge in [0.15, 0.2) is 12.1 Å². The molecule has 0 amide bonds. The van der Waals surface area contributed by atoms with Gasteiger partial charge >= 0.3 is 5.97 Å². The van der Waals surface area contributed by atoms with Crippen molar-refractivity contribution >= 4 is 11.8 Å². The average Bonchev–Trinajstić information content (AvgIpc) is 2.95. The van der Waals surface area contributed by atoms with Crippen molar-refractivity contribution in [2.45, 2.75) is 122 Å². The lowest BCUT2D eigenvalue weighted by atomic mass is 9.76. The minimum atomic E-state index is -1.77. The Morgan fingerprint density at radius 2 is 1.79 bits per heavy atom.